The maximum absolute atomic E-state index is 13.3. The minimum atomic E-state index is -0.205. The van der Waals surface area contributed by atoms with Gasteiger partial charge in [-0.2, -0.15) is 5.10 Å². The molecular formula is C27H24N4O7. The molecule has 5 aromatic rings. The van der Waals surface area contributed by atoms with E-state index < -0.39 is 0 Å². The van der Waals surface area contributed by atoms with Crippen molar-refractivity contribution in [3.63, 3.8) is 0 Å². The van der Waals surface area contributed by atoms with Crippen molar-refractivity contribution in [3.8, 4) is 51.5 Å². The van der Waals surface area contributed by atoms with Crippen molar-refractivity contribution < 1.29 is 28.1 Å². The molecule has 0 saturated carbocycles. The molecule has 1 aliphatic heterocycles. The molecule has 0 radical (unpaired) electrons. The number of ether oxygens (including phenoxy) is 5. The van der Waals surface area contributed by atoms with Gasteiger partial charge in [-0.15, -0.1) is 0 Å². The molecule has 0 spiro atoms. The maximum Gasteiger partial charge on any atom is 0.276 e. The number of benzene rings is 2. The number of nitrogens with zero attached hydrogens (tertiary/aromatic N) is 4. The van der Waals surface area contributed by atoms with E-state index in [-0.39, 0.29) is 18.9 Å². The van der Waals surface area contributed by atoms with E-state index in [0.717, 1.165) is 5.56 Å². The first-order chi connectivity index (χ1) is 18.5. The lowest BCUT2D eigenvalue weighted by Crippen LogP contribution is -2.22. The van der Waals surface area contributed by atoms with Gasteiger partial charge in [-0.1, -0.05) is 0 Å². The Morgan fingerprint density at radius 3 is 2.42 bits per heavy atom. The molecule has 0 saturated heterocycles. The topological polar surface area (TPSA) is 111 Å². The third-order valence-electron chi connectivity index (χ3n) is 6.40. The molecule has 11 nitrogen and oxygen atoms in total. The van der Waals surface area contributed by atoms with Gasteiger partial charge in [0.15, 0.2) is 23.0 Å². The van der Waals surface area contributed by atoms with E-state index in [9.17, 15) is 4.79 Å². The minimum Gasteiger partial charge on any atom is -0.493 e. The van der Waals surface area contributed by atoms with E-state index in [1.807, 2.05) is 25.1 Å². The predicted molar refractivity (Wildman–Crippen MR) is 136 cm³/mol. The van der Waals surface area contributed by atoms with Crippen LogP contribution in [0.3, 0.4) is 0 Å². The van der Waals surface area contributed by atoms with E-state index in [2.05, 4.69) is 10.1 Å². The van der Waals surface area contributed by atoms with Crippen LogP contribution in [0.5, 0.6) is 28.7 Å². The Labute approximate surface area is 216 Å². The maximum atomic E-state index is 13.3. The molecule has 0 unspecified atom stereocenters. The lowest BCUT2D eigenvalue weighted by Gasteiger charge is -2.12. The van der Waals surface area contributed by atoms with Gasteiger partial charge >= 0.3 is 0 Å². The number of aryl methyl sites for hydroxylation is 1. The number of hydrogen-bond donors (Lipinski definition) is 0. The molecule has 0 bridgehead atoms. The van der Waals surface area contributed by atoms with Gasteiger partial charge in [0.2, 0.25) is 18.4 Å². The zero-order valence-corrected chi connectivity index (χ0v) is 21.2. The van der Waals surface area contributed by atoms with E-state index >= 15 is 0 Å². The van der Waals surface area contributed by atoms with Crippen LogP contribution in [0, 0.1) is 6.92 Å². The standard InChI is InChI=1S/C27H24N4O7/c1-15-19(28-26(38-15)17-10-23(33-2)25(35-4)24(11-17)34-3)13-30-7-8-31-20(27(30)32)12-18(29-31)16-5-6-21-22(9-16)37-14-36-21/h5-12H,13-14H2,1-4H3. The molecule has 0 atom stereocenters. The highest BCUT2D eigenvalue weighted by Gasteiger charge is 2.20. The molecule has 2 aromatic carbocycles. The summed E-state index contributed by atoms with van der Waals surface area (Å²) in [6, 6.07) is 10.9. The van der Waals surface area contributed by atoms with Crippen LogP contribution < -0.4 is 29.2 Å². The van der Waals surface area contributed by atoms with Crippen molar-refractivity contribution in [1.82, 2.24) is 19.2 Å². The van der Waals surface area contributed by atoms with Gasteiger partial charge < -0.3 is 32.7 Å². The van der Waals surface area contributed by atoms with Gasteiger partial charge in [0, 0.05) is 23.5 Å². The SMILES string of the molecule is COc1cc(-c2nc(Cn3ccn4nc(-c5ccc6c(c5)OCO6)cc4c3=O)c(C)o2)cc(OC)c1OC. The van der Waals surface area contributed by atoms with Crippen LogP contribution in [-0.4, -0.2) is 47.3 Å². The fourth-order valence-corrected chi connectivity index (χ4v) is 4.41. The van der Waals surface area contributed by atoms with E-state index in [1.54, 1.807) is 61.0 Å². The fraction of sp³-hybridized carbons (Fsp3) is 0.222. The molecule has 11 heteroatoms. The Morgan fingerprint density at radius 1 is 0.921 bits per heavy atom. The summed E-state index contributed by atoms with van der Waals surface area (Å²) in [4.78, 5) is 18.0. The first kappa shape index (κ1) is 23.5. The highest BCUT2D eigenvalue weighted by molar-refractivity contribution is 5.69. The number of fused-ring (bicyclic) bond motifs is 2. The summed E-state index contributed by atoms with van der Waals surface area (Å²) in [5.74, 6) is 3.76. The van der Waals surface area contributed by atoms with Crippen LogP contribution in [0.1, 0.15) is 11.5 Å². The second-order valence-electron chi connectivity index (χ2n) is 8.59. The van der Waals surface area contributed by atoms with Gasteiger partial charge in [-0.3, -0.25) is 4.79 Å². The molecule has 0 amide bonds. The summed E-state index contributed by atoms with van der Waals surface area (Å²) in [6.45, 7) is 2.22. The number of methoxy groups -OCH3 is 3. The summed E-state index contributed by atoms with van der Waals surface area (Å²) in [6.07, 6.45) is 3.42. The molecule has 1 aliphatic rings. The van der Waals surface area contributed by atoms with E-state index in [4.69, 9.17) is 28.1 Å². The molecule has 0 fully saturated rings. The summed E-state index contributed by atoms with van der Waals surface area (Å²) in [5, 5.41) is 4.56. The Kier molecular flexibility index (Phi) is 5.67. The van der Waals surface area contributed by atoms with Gasteiger partial charge in [0.25, 0.3) is 5.56 Å². The Bertz CT molecular complexity index is 1710. The Balaban J connectivity index is 1.32. The molecule has 6 rings (SSSR count). The minimum absolute atomic E-state index is 0.192. The normalized spacial score (nSPS) is 12.2. The van der Waals surface area contributed by atoms with Crippen LogP contribution in [0.4, 0.5) is 0 Å². The molecule has 4 heterocycles. The van der Waals surface area contributed by atoms with Gasteiger partial charge in [-0.05, 0) is 43.3 Å². The average molecular weight is 517 g/mol. The van der Waals surface area contributed by atoms with Crippen molar-refractivity contribution in [2.75, 3.05) is 28.1 Å². The molecule has 0 aliphatic carbocycles. The lowest BCUT2D eigenvalue weighted by molar-refractivity contribution is 0.174. The number of rotatable bonds is 7. The third kappa shape index (κ3) is 3.88. The van der Waals surface area contributed by atoms with Crippen LogP contribution >= 0.6 is 0 Å². The van der Waals surface area contributed by atoms with E-state index in [1.165, 1.54) is 0 Å². The molecule has 0 N–H and O–H groups in total. The highest BCUT2D eigenvalue weighted by Crippen LogP contribution is 2.41. The second-order valence-corrected chi connectivity index (χ2v) is 8.59. The predicted octanol–water partition coefficient (Wildman–Crippen LogP) is 3.93. The van der Waals surface area contributed by atoms with Crippen molar-refractivity contribution in [2.24, 2.45) is 0 Å². The first-order valence-electron chi connectivity index (χ1n) is 11.7. The lowest BCUT2D eigenvalue weighted by atomic mass is 10.1. The van der Waals surface area contributed by atoms with Crippen molar-refractivity contribution in [3.05, 3.63) is 70.6 Å². The monoisotopic (exact) mass is 516 g/mol. The van der Waals surface area contributed by atoms with Crippen molar-refractivity contribution in [2.45, 2.75) is 13.5 Å². The van der Waals surface area contributed by atoms with Crippen LogP contribution in [0.15, 0.2) is 58.0 Å². The average Bonchev–Trinajstić information content (AvgIpc) is 3.67. The van der Waals surface area contributed by atoms with Crippen molar-refractivity contribution >= 4 is 5.52 Å². The van der Waals surface area contributed by atoms with Gasteiger partial charge in [0.1, 0.15) is 17.0 Å². The molecule has 194 valence electrons. The Hall–Kier alpha value is -4.93. The van der Waals surface area contributed by atoms with Crippen LogP contribution in [0.2, 0.25) is 0 Å². The smallest absolute Gasteiger partial charge is 0.276 e. The quantitative estimate of drug-likeness (QED) is 0.318. The summed E-state index contributed by atoms with van der Waals surface area (Å²) in [7, 11) is 4.63. The Morgan fingerprint density at radius 2 is 1.68 bits per heavy atom. The fourth-order valence-electron chi connectivity index (χ4n) is 4.41. The van der Waals surface area contributed by atoms with Crippen LogP contribution in [0.25, 0.3) is 28.2 Å². The number of hydrogen-bond acceptors (Lipinski definition) is 9. The largest absolute Gasteiger partial charge is 0.493 e. The number of aromatic nitrogens is 4. The summed E-state index contributed by atoms with van der Waals surface area (Å²) in [5.41, 5.74) is 2.98. The van der Waals surface area contributed by atoms with Gasteiger partial charge in [-0.25, -0.2) is 9.50 Å². The van der Waals surface area contributed by atoms with Gasteiger partial charge in [0.05, 0.1) is 33.6 Å². The zero-order chi connectivity index (χ0) is 26.4. The molecule has 3 aromatic heterocycles. The summed E-state index contributed by atoms with van der Waals surface area (Å²) >= 11 is 0. The zero-order valence-electron chi connectivity index (χ0n) is 21.2. The number of oxazole rings is 1. The second kappa shape index (κ2) is 9.18. The van der Waals surface area contributed by atoms with E-state index in [0.29, 0.717) is 62.9 Å². The third-order valence-corrected chi connectivity index (χ3v) is 6.40. The van der Waals surface area contributed by atoms with Crippen molar-refractivity contribution in [1.29, 1.82) is 0 Å². The van der Waals surface area contributed by atoms with Crippen LogP contribution in [-0.2, 0) is 6.54 Å². The molecule has 38 heavy (non-hydrogen) atoms. The summed E-state index contributed by atoms with van der Waals surface area (Å²) < 4.78 is 36.2. The highest BCUT2D eigenvalue weighted by atomic mass is 16.7. The first-order valence-corrected chi connectivity index (χ1v) is 11.7. The molecular weight excluding hydrogens is 492 g/mol.